The Morgan fingerprint density at radius 2 is 1.73 bits per heavy atom. The van der Waals surface area contributed by atoms with Crippen molar-refractivity contribution < 1.29 is 28.6 Å². The molecular weight excluding hydrogens is 384 g/mol. The van der Waals surface area contributed by atoms with Crippen molar-refractivity contribution in [3.8, 4) is 5.75 Å². The fourth-order valence-corrected chi connectivity index (χ4v) is 6.44. The quantitative estimate of drug-likeness (QED) is 0.551. The Hall–Kier alpha value is -2.37. The summed E-state index contributed by atoms with van der Waals surface area (Å²) in [5.74, 6) is 0.839. The Bertz CT molecular complexity index is 876. The molecule has 0 bridgehead atoms. The van der Waals surface area contributed by atoms with Crippen LogP contribution in [0.1, 0.15) is 70.4 Å². The van der Waals surface area contributed by atoms with E-state index in [0.717, 1.165) is 32.1 Å². The summed E-state index contributed by atoms with van der Waals surface area (Å²) in [5, 5.41) is 0. The standard InChI is InChI=1S/C24H30O6/c1-13(25)28-17-6-8-18-16(11-17)5-7-20-19(18)9-10-24(4)21(20)12-22(29-14(2)26)23(24)30-15(3)27/h6,8,11,19-23H,5,7,9-10,12H2,1-4H3/t19-,20-,21-,22-,23-,24-/m0/s1. The minimum atomic E-state index is -0.391. The zero-order valence-corrected chi connectivity index (χ0v) is 18.1. The third-order valence-electron chi connectivity index (χ3n) is 7.48. The number of esters is 3. The monoisotopic (exact) mass is 414 g/mol. The lowest BCUT2D eigenvalue weighted by molar-refractivity contribution is -0.171. The van der Waals surface area contributed by atoms with E-state index in [2.05, 4.69) is 13.0 Å². The molecule has 4 rings (SSSR count). The lowest BCUT2D eigenvalue weighted by Gasteiger charge is -2.50. The smallest absolute Gasteiger partial charge is 0.308 e. The second-order valence-electron chi connectivity index (χ2n) is 9.33. The average Bonchev–Trinajstić information content (AvgIpc) is 2.92. The molecule has 1 aromatic carbocycles. The lowest BCUT2D eigenvalue weighted by Crippen LogP contribution is -2.46. The molecule has 6 nitrogen and oxygen atoms in total. The maximum absolute atomic E-state index is 11.8. The van der Waals surface area contributed by atoms with Crippen molar-refractivity contribution in [1.29, 1.82) is 0 Å². The van der Waals surface area contributed by atoms with Gasteiger partial charge in [-0.15, -0.1) is 0 Å². The second kappa shape index (κ2) is 7.71. The van der Waals surface area contributed by atoms with Gasteiger partial charge in [-0.25, -0.2) is 0 Å². The summed E-state index contributed by atoms with van der Waals surface area (Å²) in [6, 6.07) is 5.99. The largest absolute Gasteiger partial charge is 0.459 e. The van der Waals surface area contributed by atoms with Gasteiger partial charge in [-0.3, -0.25) is 14.4 Å². The first-order chi connectivity index (χ1) is 14.2. The highest BCUT2D eigenvalue weighted by Crippen LogP contribution is 2.62. The first-order valence-corrected chi connectivity index (χ1v) is 10.8. The summed E-state index contributed by atoms with van der Waals surface area (Å²) in [6.07, 6.45) is 3.83. The van der Waals surface area contributed by atoms with Crippen LogP contribution in [0, 0.1) is 17.3 Å². The molecule has 6 heteroatoms. The maximum atomic E-state index is 11.8. The third kappa shape index (κ3) is 3.61. The van der Waals surface area contributed by atoms with Gasteiger partial charge in [0.15, 0.2) is 0 Å². The van der Waals surface area contributed by atoms with Gasteiger partial charge in [-0.05, 0) is 73.1 Å². The van der Waals surface area contributed by atoms with Crippen molar-refractivity contribution in [2.45, 2.75) is 77.9 Å². The van der Waals surface area contributed by atoms with Gasteiger partial charge in [0, 0.05) is 26.2 Å². The Morgan fingerprint density at radius 3 is 2.40 bits per heavy atom. The van der Waals surface area contributed by atoms with Crippen LogP contribution in [0.15, 0.2) is 18.2 Å². The van der Waals surface area contributed by atoms with Crippen molar-refractivity contribution in [3.05, 3.63) is 29.3 Å². The molecule has 0 aliphatic heterocycles. The molecule has 0 heterocycles. The minimum absolute atomic E-state index is 0.192. The molecule has 3 aliphatic rings. The first-order valence-electron chi connectivity index (χ1n) is 10.8. The number of aryl methyl sites for hydroxylation is 1. The van der Waals surface area contributed by atoms with Gasteiger partial charge in [-0.2, -0.15) is 0 Å². The summed E-state index contributed by atoms with van der Waals surface area (Å²) >= 11 is 0. The number of ether oxygens (including phenoxy) is 3. The molecule has 6 atom stereocenters. The Kier molecular flexibility index (Phi) is 5.37. The zero-order valence-electron chi connectivity index (χ0n) is 18.1. The molecule has 0 spiro atoms. The van der Waals surface area contributed by atoms with Crippen LogP contribution in [0.25, 0.3) is 0 Å². The van der Waals surface area contributed by atoms with Gasteiger partial charge in [-0.1, -0.05) is 13.0 Å². The summed E-state index contributed by atoms with van der Waals surface area (Å²) in [5.41, 5.74) is 2.40. The van der Waals surface area contributed by atoms with Crippen LogP contribution in [0.4, 0.5) is 0 Å². The summed E-state index contributed by atoms with van der Waals surface area (Å²) in [7, 11) is 0. The van der Waals surface area contributed by atoms with Crippen LogP contribution in [-0.2, 0) is 30.3 Å². The van der Waals surface area contributed by atoms with Gasteiger partial charge < -0.3 is 14.2 Å². The zero-order chi connectivity index (χ0) is 21.6. The molecule has 162 valence electrons. The van der Waals surface area contributed by atoms with Crippen molar-refractivity contribution in [2.75, 3.05) is 0 Å². The number of hydrogen-bond donors (Lipinski definition) is 0. The van der Waals surface area contributed by atoms with Crippen molar-refractivity contribution in [1.82, 2.24) is 0 Å². The predicted molar refractivity (Wildman–Crippen MR) is 109 cm³/mol. The van der Waals surface area contributed by atoms with Gasteiger partial charge in [0.2, 0.25) is 0 Å². The highest BCUT2D eigenvalue weighted by Gasteiger charge is 2.61. The SMILES string of the molecule is CC(=O)Oc1ccc2c(c1)CC[C@H]1[C@H]2CC[C@@]2(C)[C@H]1C[C@H](OC(C)=O)[C@@H]2OC(C)=O. The lowest BCUT2D eigenvalue weighted by atomic mass is 9.55. The van der Waals surface area contributed by atoms with E-state index >= 15 is 0 Å². The molecule has 0 N–H and O–H groups in total. The average molecular weight is 414 g/mol. The molecule has 2 fully saturated rings. The summed E-state index contributed by atoms with van der Waals surface area (Å²) in [6.45, 7) is 6.45. The molecule has 30 heavy (non-hydrogen) atoms. The van der Waals surface area contributed by atoms with E-state index in [1.54, 1.807) is 0 Å². The van der Waals surface area contributed by atoms with Crippen LogP contribution in [0.2, 0.25) is 0 Å². The van der Waals surface area contributed by atoms with Gasteiger partial charge in [0.05, 0.1) is 0 Å². The molecule has 0 amide bonds. The molecular formula is C24H30O6. The number of hydrogen-bond acceptors (Lipinski definition) is 6. The van der Waals surface area contributed by atoms with E-state index < -0.39 is 6.10 Å². The molecule has 3 aliphatic carbocycles. The predicted octanol–water partition coefficient (Wildman–Crippen LogP) is 3.94. The Labute approximate surface area is 177 Å². The molecule has 0 unspecified atom stereocenters. The van der Waals surface area contributed by atoms with E-state index in [-0.39, 0.29) is 29.4 Å². The van der Waals surface area contributed by atoms with E-state index in [1.165, 1.54) is 31.9 Å². The van der Waals surface area contributed by atoms with Crippen molar-refractivity contribution in [2.24, 2.45) is 17.3 Å². The number of benzene rings is 1. The van der Waals surface area contributed by atoms with Crippen LogP contribution < -0.4 is 4.74 Å². The molecule has 2 saturated carbocycles. The molecule has 0 radical (unpaired) electrons. The van der Waals surface area contributed by atoms with Gasteiger partial charge in [0.25, 0.3) is 0 Å². The normalized spacial score (nSPS) is 34.2. The molecule has 0 saturated heterocycles. The van der Waals surface area contributed by atoms with Crippen LogP contribution in [-0.4, -0.2) is 30.1 Å². The van der Waals surface area contributed by atoms with E-state index in [4.69, 9.17) is 14.2 Å². The van der Waals surface area contributed by atoms with E-state index in [1.807, 2.05) is 12.1 Å². The topological polar surface area (TPSA) is 78.9 Å². The maximum Gasteiger partial charge on any atom is 0.308 e. The van der Waals surface area contributed by atoms with E-state index in [0.29, 0.717) is 23.5 Å². The van der Waals surface area contributed by atoms with Gasteiger partial charge >= 0.3 is 17.9 Å². The number of fused-ring (bicyclic) bond motifs is 5. The highest BCUT2D eigenvalue weighted by molar-refractivity contribution is 5.69. The number of rotatable bonds is 3. The molecule has 0 aromatic heterocycles. The van der Waals surface area contributed by atoms with Crippen LogP contribution in [0.5, 0.6) is 5.75 Å². The van der Waals surface area contributed by atoms with Crippen LogP contribution in [0.3, 0.4) is 0 Å². The van der Waals surface area contributed by atoms with Crippen molar-refractivity contribution in [3.63, 3.8) is 0 Å². The van der Waals surface area contributed by atoms with E-state index in [9.17, 15) is 14.4 Å². The number of carbonyl (C=O) groups excluding carboxylic acids is 3. The van der Waals surface area contributed by atoms with Gasteiger partial charge in [0.1, 0.15) is 18.0 Å². The Balaban J connectivity index is 1.62. The minimum Gasteiger partial charge on any atom is -0.459 e. The fraction of sp³-hybridized carbons (Fsp3) is 0.625. The first kappa shape index (κ1) is 20.9. The van der Waals surface area contributed by atoms with Crippen LogP contribution >= 0.6 is 0 Å². The third-order valence-corrected chi connectivity index (χ3v) is 7.48. The summed E-state index contributed by atoms with van der Waals surface area (Å²) in [4.78, 5) is 34.8. The second-order valence-corrected chi connectivity index (χ2v) is 9.33. The summed E-state index contributed by atoms with van der Waals surface area (Å²) < 4.78 is 16.6. The number of carbonyl (C=O) groups is 3. The fourth-order valence-electron chi connectivity index (χ4n) is 6.44. The Morgan fingerprint density at radius 1 is 1.00 bits per heavy atom. The molecule has 1 aromatic rings. The van der Waals surface area contributed by atoms with Crippen molar-refractivity contribution >= 4 is 17.9 Å². The highest BCUT2D eigenvalue weighted by atomic mass is 16.6.